The van der Waals surface area contributed by atoms with Crippen molar-refractivity contribution in [2.75, 3.05) is 27.2 Å². The van der Waals surface area contributed by atoms with Crippen LogP contribution >= 0.6 is 11.3 Å². The van der Waals surface area contributed by atoms with Crippen molar-refractivity contribution in [3.05, 3.63) is 16.3 Å². The predicted octanol–water partition coefficient (Wildman–Crippen LogP) is 0.681. The van der Waals surface area contributed by atoms with E-state index in [0.717, 1.165) is 11.3 Å². The quantitative estimate of drug-likeness (QED) is 0.810. The molecule has 2 rings (SSSR count). The number of nitrogens with one attached hydrogen (secondary N) is 1. The van der Waals surface area contributed by atoms with Crippen LogP contribution in [-0.4, -0.2) is 51.8 Å². The molecule has 0 aliphatic carbocycles. The van der Waals surface area contributed by atoms with Crippen molar-refractivity contribution in [1.82, 2.24) is 9.62 Å². The van der Waals surface area contributed by atoms with Gasteiger partial charge in [-0.15, -0.1) is 11.3 Å². The lowest BCUT2D eigenvalue weighted by Crippen LogP contribution is -2.42. The third kappa shape index (κ3) is 3.16. The number of methoxy groups -OCH3 is 1. The van der Waals surface area contributed by atoms with Gasteiger partial charge >= 0.3 is 5.97 Å². The third-order valence-corrected chi connectivity index (χ3v) is 6.65. The Morgan fingerprint density at radius 1 is 1.36 bits per heavy atom. The van der Waals surface area contributed by atoms with Gasteiger partial charge in [0.25, 0.3) is 0 Å². The van der Waals surface area contributed by atoms with E-state index in [1.807, 2.05) is 0 Å². The second-order valence-corrected chi connectivity index (χ2v) is 7.72. The number of hydrogen-bond donors (Lipinski definition) is 1. The van der Waals surface area contributed by atoms with Crippen LogP contribution < -0.4 is 5.32 Å². The number of sulfonamides is 1. The first kappa shape index (κ1) is 16.9. The average Bonchev–Trinajstić information content (AvgIpc) is 3.04. The van der Waals surface area contributed by atoms with E-state index in [1.165, 1.54) is 17.5 Å². The first-order chi connectivity index (χ1) is 10.4. The maximum atomic E-state index is 12.7. The lowest BCUT2D eigenvalue weighted by atomic mass is 9.97. The molecule has 22 heavy (non-hydrogen) atoms. The predicted molar refractivity (Wildman–Crippen MR) is 81.2 cm³/mol. The summed E-state index contributed by atoms with van der Waals surface area (Å²) in [7, 11) is -0.965. The number of carbonyl (C=O) groups is 2. The average molecular weight is 346 g/mol. The zero-order valence-corrected chi connectivity index (χ0v) is 14.0. The number of thiophene rings is 1. The fourth-order valence-electron chi connectivity index (χ4n) is 2.44. The Bertz CT molecular complexity index is 660. The smallest absolute Gasteiger partial charge is 0.349 e. The second-order valence-electron chi connectivity index (χ2n) is 4.90. The number of nitrogens with zero attached hydrogens (tertiary/aromatic N) is 1. The lowest BCUT2D eigenvalue weighted by Gasteiger charge is -2.30. The summed E-state index contributed by atoms with van der Waals surface area (Å²) in [6.07, 6.45) is 0.938. The molecule has 0 aromatic carbocycles. The molecule has 7 nitrogen and oxygen atoms in total. The molecule has 122 valence electrons. The van der Waals surface area contributed by atoms with E-state index in [-0.39, 0.29) is 34.7 Å². The molecule has 1 aromatic heterocycles. The van der Waals surface area contributed by atoms with Crippen molar-refractivity contribution in [3.63, 3.8) is 0 Å². The molecule has 1 aliphatic rings. The van der Waals surface area contributed by atoms with Crippen LogP contribution in [0.15, 0.2) is 16.3 Å². The van der Waals surface area contributed by atoms with Crippen LogP contribution in [0.5, 0.6) is 0 Å². The van der Waals surface area contributed by atoms with Gasteiger partial charge in [-0.05, 0) is 24.3 Å². The van der Waals surface area contributed by atoms with Crippen molar-refractivity contribution in [1.29, 1.82) is 0 Å². The number of ether oxygens (including phenoxy) is 1. The van der Waals surface area contributed by atoms with E-state index >= 15 is 0 Å². The lowest BCUT2D eigenvalue weighted by molar-refractivity contribution is -0.125. The molecule has 0 saturated carbocycles. The summed E-state index contributed by atoms with van der Waals surface area (Å²) in [5, 5.41) is 4.13. The summed E-state index contributed by atoms with van der Waals surface area (Å²) in [6, 6.07) is 1.41. The van der Waals surface area contributed by atoms with E-state index in [0.29, 0.717) is 12.8 Å². The van der Waals surface area contributed by atoms with Gasteiger partial charge < -0.3 is 10.1 Å². The monoisotopic (exact) mass is 346 g/mol. The molecule has 1 aromatic rings. The Labute approximate surface area is 133 Å². The highest BCUT2D eigenvalue weighted by atomic mass is 32.2. The Kier molecular flexibility index (Phi) is 5.20. The van der Waals surface area contributed by atoms with E-state index in [2.05, 4.69) is 10.1 Å². The Balaban J connectivity index is 2.18. The number of amides is 1. The molecule has 1 aliphatic heterocycles. The SMILES string of the molecule is CNC(=O)C1CCN(S(=O)(=O)c2ccsc2C(=O)OC)CC1. The normalized spacial score (nSPS) is 17.2. The summed E-state index contributed by atoms with van der Waals surface area (Å²) < 4.78 is 31.3. The van der Waals surface area contributed by atoms with Crippen molar-refractivity contribution >= 4 is 33.2 Å². The van der Waals surface area contributed by atoms with Crippen LogP contribution in [0.25, 0.3) is 0 Å². The van der Waals surface area contributed by atoms with Gasteiger partial charge in [0, 0.05) is 26.1 Å². The van der Waals surface area contributed by atoms with Crippen molar-refractivity contribution in [3.8, 4) is 0 Å². The molecule has 1 amide bonds. The zero-order chi connectivity index (χ0) is 16.3. The molecule has 0 bridgehead atoms. The van der Waals surface area contributed by atoms with Gasteiger partial charge in [0.1, 0.15) is 9.77 Å². The maximum absolute atomic E-state index is 12.7. The molecule has 2 heterocycles. The second kappa shape index (κ2) is 6.76. The first-order valence-electron chi connectivity index (χ1n) is 6.79. The Hall–Kier alpha value is -1.45. The number of carbonyl (C=O) groups excluding carboxylic acids is 2. The molecule has 1 saturated heterocycles. The molecular weight excluding hydrogens is 328 g/mol. The first-order valence-corrected chi connectivity index (χ1v) is 9.11. The fraction of sp³-hybridized carbons (Fsp3) is 0.538. The molecular formula is C13H18N2O5S2. The molecule has 9 heteroatoms. The molecule has 0 spiro atoms. The topological polar surface area (TPSA) is 92.8 Å². The molecule has 1 N–H and O–H groups in total. The van der Waals surface area contributed by atoms with Gasteiger partial charge in [0.15, 0.2) is 0 Å². The zero-order valence-electron chi connectivity index (χ0n) is 12.4. The van der Waals surface area contributed by atoms with Crippen LogP contribution in [0.2, 0.25) is 0 Å². The number of piperidine rings is 1. The largest absolute Gasteiger partial charge is 0.465 e. The highest BCUT2D eigenvalue weighted by molar-refractivity contribution is 7.89. The van der Waals surface area contributed by atoms with E-state index in [4.69, 9.17) is 0 Å². The van der Waals surface area contributed by atoms with Gasteiger partial charge in [-0.2, -0.15) is 4.31 Å². The maximum Gasteiger partial charge on any atom is 0.349 e. The highest BCUT2D eigenvalue weighted by Gasteiger charge is 2.34. The van der Waals surface area contributed by atoms with Crippen molar-refractivity contribution in [2.45, 2.75) is 17.7 Å². The molecule has 0 radical (unpaired) electrons. The Morgan fingerprint density at radius 3 is 2.55 bits per heavy atom. The number of rotatable bonds is 4. The van der Waals surface area contributed by atoms with Crippen molar-refractivity contribution < 1.29 is 22.7 Å². The van der Waals surface area contributed by atoms with Gasteiger partial charge in [-0.1, -0.05) is 0 Å². The van der Waals surface area contributed by atoms with Gasteiger partial charge in [-0.25, -0.2) is 13.2 Å². The van der Waals surface area contributed by atoms with E-state index < -0.39 is 16.0 Å². The standard InChI is InChI=1S/C13H18N2O5S2/c1-14-12(16)9-3-6-15(7-4-9)22(18,19)10-5-8-21-11(10)13(17)20-2/h5,8-9H,3-4,6-7H2,1-2H3,(H,14,16). The van der Waals surface area contributed by atoms with Crippen LogP contribution in [0, 0.1) is 5.92 Å². The minimum Gasteiger partial charge on any atom is -0.465 e. The van der Waals surface area contributed by atoms with Crippen molar-refractivity contribution in [2.24, 2.45) is 5.92 Å². The fourth-order valence-corrected chi connectivity index (χ4v) is 5.22. The molecule has 1 fully saturated rings. The Morgan fingerprint density at radius 2 is 2.00 bits per heavy atom. The van der Waals surface area contributed by atoms with Gasteiger partial charge in [-0.3, -0.25) is 4.79 Å². The molecule has 0 atom stereocenters. The highest BCUT2D eigenvalue weighted by Crippen LogP contribution is 2.29. The molecule has 0 unspecified atom stereocenters. The summed E-state index contributed by atoms with van der Waals surface area (Å²) in [5.41, 5.74) is 0. The van der Waals surface area contributed by atoms with E-state index in [1.54, 1.807) is 12.4 Å². The van der Waals surface area contributed by atoms with Crippen LogP contribution in [0.4, 0.5) is 0 Å². The van der Waals surface area contributed by atoms with Gasteiger partial charge in [0.2, 0.25) is 15.9 Å². The van der Waals surface area contributed by atoms with E-state index in [9.17, 15) is 18.0 Å². The minimum atomic E-state index is -3.75. The summed E-state index contributed by atoms with van der Waals surface area (Å²) in [5.74, 6) is -0.893. The minimum absolute atomic E-state index is 0.0252. The number of esters is 1. The summed E-state index contributed by atoms with van der Waals surface area (Å²) in [4.78, 5) is 23.3. The van der Waals surface area contributed by atoms with Gasteiger partial charge in [0.05, 0.1) is 7.11 Å². The summed E-state index contributed by atoms with van der Waals surface area (Å²) in [6.45, 7) is 0.522. The summed E-state index contributed by atoms with van der Waals surface area (Å²) >= 11 is 1.04. The third-order valence-electron chi connectivity index (χ3n) is 3.69. The van der Waals surface area contributed by atoms with Crippen LogP contribution in [0.1, 0.15) is 22.5 Å². The van der Waals surface area contributed by atoms with Crippen LogP contribution in [0.3, 0.4) is 0 Å². The number of hydrogen-bond acceptors (Lipinski definition) is 6. The van der Waals surface area contributed by atoms with Crippen LogP contribution in [-0.2, 0) is 19.6 Å².